The zero-order chi connectivity index (χ0) is 20.7. The van der Waals surface area contributed by atoms with Gasteiger partial charge in [-0.05, 0) is 70.9 Å². The first kappa shape index (κ1) is 26.8. The average molecular weight is 424 g/mol. The number of rotatable bonds is 17. The van der Waals surface area contributed by atoms with Gasteiger partial charge in [-0.1, -0.05) is 19.9 Å². The number of carbonyl (C=O) groups is 1. The lowest BCUT2D eigenvalue weighted by atomic mass is 10.1. The van der Waals surface area contributed by atoms with Gasteiger partial charge in [-0.15, -0.1) is 0 Å². The molecule has 8 heteroatoms. The molecule has 0 aromatic heterocycles. The summed E-state index contributed by atoms with van der Waals surface area (Å²) in [4.78, 5) is 11.2. The second-order valence-electron chi connectivity index (χ2n) is 7.08. The van der Waals surface area contributed by atoms with Crippen LogP contribution in [0.5, 0.6) is 0 Å². The van der Waals surface area contributed by atoms with Crippen molar-refractivity contribution in [3.63, 3.8) is 0 Å². The molecule has 0 saturated heterocycles. The lowest BCUT2D eigenvalue weighted by Crippen LogP contribution is -2.24. The summed E-state index contributed by atoms with van der Waals surface area (Å²) in [6.45, 7) is 15.2. The molecule has 0 aliphatic rings. The van der Waals surface area contributed by atoms with Crippen LogP contribution in [0.1, 0.15) is 60.3 Å². The summed E-state index contributed by atoms with van der Waals surface area (Å²) in [6.07, 6.45) is 3.32. The van der Waals surface area contributed by atoms with Crippen molar-refractivity contribution in [2.45, 2.75) is 76.6 Å². The molecule has 0 fully saturated rings. The molecule has 0 amide bonds. The topological polar surface area (TPSA) is 77.0 Å². The Labute approximate surface area is 173 Å². The van der Waals surface area contributed by atoms with Gasteiger partial charge in [-0.2, -0.15) is 0 Å². The van der Waals surface area contributed by atoms with Gasteiger partial charge in [-0.3, -0.25) is 8.91 Å². The SMILES string of the molecule is C=C(C)C(=O)OCC(O)COCCCC(C)(C)SOC(C)SNCCCC. The predicted molar refractivity (Wildman–Crippen MR) is 115 cm³/mol. The number of esters is 1. The van der Waals surface area contributed by atoms with E-state index in [0.717, 1.165) is 19.4 Å². The van der Waals surface area contributed by atoms with Crippen LogP contribution < -0.4 is 4.72 Å². The summed E-state index contributed by atoms with van der Waals surface area (Å²) in [6, 6.07) is 0. The standard InChI is InChI=1S/C19H37NO5S2/c1-7-8-11-20-26-16(4)25-27-19(5,6)10-9-12-23-13-17(21)14-24-18(22)15(2)3/h16-17,20-21H,2,7-14H2,1,3-6H3. The van der Waals surface area contributed by atoms with E-state index in [1.165, 1.54) is 24.9 Å². The number of nitrogens with one attached hydrogen (secondary N) is 1. The highest BCUT2D eigenvalue weighted by Gasteiger charge is 2.21. The Morgan fingerprint density at radius 3 is 2.63 bits per heavy atom. The quantitative estimate of drug-likeness (QED) is 0.0904. The van der Waals surface area contributed by atoms with E-state index in [0.29, 0.717) is 12.2 Å². The number of carbonyl (C=O) groups excluding carboxylic acids is 1. The van der Waals surface area contributed by atoms with E-state index in [9.17, 15) is 9.90 Å². The van der Waals surface area contributed by atoms with E-state index in [-0.39, 0.29) is 23.4 Å². The third kappa shape index (κ3) is 16.4. The van der Waals surface area contributed by atoms with Crippen molar-refractivity contribution in [1.29, 1.82) is 0 Å². The maximum Gasteiger partial charge on any atom is 0.333 e. The molecule has 0 spiro atoms. The molecule has 27 heavy (non-hydrogen) atoms. The zero-order valence-electron chi connectivity index (χ0n) is 17.4. The Morgan fingerprint density at radius 2 is 2.00 bits per heavy atom. The highest BCUT2D eigenvalue weighted by atomic mass is 32.2. The lowest BCUT2D eigenvalue weighted by molar-refractivity contribution is -0.143. The van der Waals surface area contributed by atoms with Gasteiger partial charge in [-0.25, -0.2) is 4.79 Å². The molecule has 2 unspecified atom stereocenters. The van der Waals surface area contributed by atoms with Crippen LogP contribution in [-0.4, -0.2) is 53.7 Å². The van der Waals surface area contributed by atoms with Crippen molar-refractivity contribution in [3.05, 3.63) is 12.2 Å². The number of hydrogen-bond donors (Lipinski definition) is 2. The van der Waals surface area contributed by atoms with Crippen molar-refractivity contribution in [3.8, 4) is 0 Å². The molecule has 0 bridgehead atoms. The van der Waals surface area contributed by atoms with Crippen LogP contribution in [0.2, 0.25) is 0 Å². The first-order valence-corrected chi connectivity index (χ1v) is 11.1. The minimum atomic E-state index is -0.822. The van der Waals surface area contributed by atoms with E-state index in [1.807, 2.05) is 6.92 Å². The third-order valence-electron chi connectivity index (χ3n) is 3.42. The summed E-state index contributed by atoms with van der Waals surface area (Å²) in [5.41, 5.74) is 0.397. The second-order valence-corrected chi connectivity index (χ2v) is 9.74. The number of aliphatic hydroxyl groups excluding tert-OH is 1. The number of unbranched alkanes of at least 4 members (excludes halogenated alkanes) is 1. The van der Waals surface area contributed by atoms with Crippen LogP contribution in [0, 0.1) is 0 Å². The molecule has 2 atom stereocenters. The molecule has 160 valence electrons. The fourth-order valence-electron chi connectivity index (χ4n) is 1.85. The molecule has 2 N–H and O–H groups in total. The van der Waals surface area contributed by atoms with Gasteiger partial charge in [0.25, 0.3) is 0 Å². The number of ether oxygens (including phenoxy) is 2. The van der Waals surface area contributed by atoms with E-state index in [4.69, 9.17) is 13.7 Å². The zero-order valence-corrected chi connectivity index (χ0v) is 19.0. The van der Waals surface area contributed by atoms with Gasteiger partial charge in [0.2, 0.25) is 0 Å². The van der Waals surface area contributed by atoms with Crippen LogP contribution >= 0.6 is 24.0 Å². The monoisotopic (exact) mass is 423 g/mol. The molecule has 6 nitrogen and oxygen atoms in total. The van der Waals surface area contributed by atoms with E-state index < -0.39 is 12.1 Å². The van der Waals surface area contributed by atoms with E-state index in [1.54, 1.807) is 18.9 Å². The van der Waals surface area contributed by atoms with Crippen molar-refractivity contribution >= 4 is 30.0 Å². The highest BCUT2D eigenvalue weighted by Crippen LogP contribution is 2.32. The Kier molecular flexibility index (Phi) is 15.5. The second kappa shape index (κ2) is 15.6. The molecule has 0 aliphatic carbocycles. The third-order valence-corrected chi connectivity index (χ3v) is 5.38. The smallest absolute Gasteiger partial charge is 0.333 e. The molecule has 0 aliphatic heterocycles. The molecule has 0 aromatic rings. The van der Waals surface area contributed by atoms with E-state index in [2.05, 4.69) is 32.1 Å². The van der Waals surface area contributed by atoms with Gasteiger partial charge < -0.3 is 14.6 Å². The van der Waals surface area contributed by atoms with Gasteiger partial charge in [0.15, 0.2) is 0 Å². The molecule has 0 rings (SSSR count). The van der Waals surface area contributed by atoms with Crippen molar-refractivity contribution < 1.29 is 23.6 Å². The highest BCUT2D eigenvalue weighted by molar-refractivity contribution is 8.00. The minimum Gasteiger partial charge on any atom is -0.460 e. The Balaban J connectivity index is 3.73. The average Bonchev–Trinajstić information content (AvgIpc) is 2.61. The fourth-order valence-corrected chi connectivity index (χ4v) is 3.24. The molecule has 0 radical (unpaired) electrons. The first-order valence-electron chi connectivity index (χ1n) is 9.49. The molecule has 0 aromatic carbocycles. The maximum absolute atomic E-state index is 11.2. The van der Waals surface area contributed by atoms with Crippen LogP contribution in [0.15, 0.2) is 12.2 Å². The van der Waals surface area contributed by atoms with Gasteiger partial charge in [0, 0.05) is 23.5 Å². The summed E-state index contributed by atoms with van der Waals surface area (Å²) in [5.74, 6) is -0.499. The van der Waals surface area contributed by atoms with Crippen molar-refractivity contribution in [2.24, 2.45) is 0 Å². The van der Waals surface area contributed by atoms with Crippen LogP contribution in [-0.2, 0) is 18.5 Å². The largest absolute Gasteiger partial charge is 0.460 e. The van der Waals surface area contributed by atoms with Crippen molar-refractivity contribution in [1.82, 2.24) is 4.72 Å². The van der Waals surface area contributed by atoms with Crippen molar-refractivity contribution in [2.75, 3.05) is 26.4 Å². The van der Waals surface area contributed by atoms with Crippen LogP contribution in [0.3, 0.4) is 0 Å². The first-order chi connectivity index (χ1) is 12.7. The molecular formula is C19H37NO5S2. The fraction of sp³-hybridized carbons (Fsp3) is 0.842. The van der Waals surface area contributed by atoms with Crippen LogP contribution in [0.4, 0.5) is 0 Å². The van der Waals surface area contributed by atoms with Gasteiger partial charge >= 0.3 is 5.97 Å². The Morgan fingerprint density at radius 1 is 1.30 bits per heavy atom. The summed E-state index contributed by atoms with van der Waals surface area (Å²) < 4.78 is 19.5. The summed E-state index contributed by atoms with van der Waals surface area (Å²) >= 11 is 3.11. The maximum atomic E-state index is 11.2. The number of aliphatic hydroxyl groups is 1. The Bertz CT molecular complexity index is 421. The van der Waals surface area contributed by atoms with Crippen LogP contribution in [0.25, 0.3) is 0 Å². The molecular weight excluding hydrogens is 386 g/mol. The molecule has 0 heterocycles. The lowest BCUT2D eigenvalue weighted by Gasteiger charge is -2.24. The molecule has 0 saturated carbocycles. The summed E-state index contributed by atoms with van der Waals surface area (Å²) in [5, 5.41) is 9.72. The van der Waals surface area contributed by atoms with E-state index >= 15 is 0 Å². The minimum absolute atomic E-state index is 0.0166. The predicted octanol–water partition coefficient (Wildman–Crippen LogP) is 4.09. The van der Waals surface area contributed by atoms with Gasteiger partial charge in [0.1, 0.15) is 18.1 Å². The summed E-state index contributed by atoms with van der Waals surface area (Å²) in [7, 11) is 0. The van der Waals surface area contributed by atoms with Gasteiger partial charge in [0.05, 0.1) is 6.61 Å². The number of hydrogen-bond acceptors (Lipinski definition) is 8. The Hall–Kier alpha value is -0.250. The normalized spacial score (nSPS) is 14.0.